The Balaban J connectivity index is 1.85. The van der Waals surface area contributed by atoms with Crippen molar-refractivity contribution in [2.75, 3.05) is 42.4 Å². The molecule has 7 nitrogen and oxygen atoms in total. The van der Waals surface area contributed by atoms with Gasteiger partial charge in [-0.25, -0.2) is 9.78 Å². The minimum absolute atomic E-state index is 0.263. The molecule has 0 saturated carbocycles. The van der Waals surface area contributed by atoms with Gasteiger partial charge in [0.25, 0.3) is 5.91 Å². The molecule has 7 heteroatoms. The first-order chi connectivity index (χ1) is 11.6. The number of carbonyl (C=O) groups excluding carboxylic acids is 2. The molecule has 0 unspecified atom stereocenters. The van der Waals surface area contributed by atoms with Gasteiger partial charge in [-0.1, -0.05) is 12.1 Å². The Bertz CT molecular complexity index is 776. The highest BCUT2D eigenvalue weighted by Crippen LogP contribution is 2.28. The molecule has 1 fully saturated rings. The Kier molecular flexibility index (Phi) is 4.33. The summed E-state index contributed by atoms with van der Waals surface area (Å²) in [6.45, 7) is 0.809. The van der Waals surface area contributed by atoms with Crippen LogP contribution >= 0.6 is 0 Å². The van der Waals surface area contributed by atoms with Gasteiger partial charge in [-0.05, 0) is 24.3 Å². The predicted octanol–water partition coefficient (Wildman–Crippen LogP) is 2.36. The first-order valence-electron chi connectivity index (χ1n) is 7.54. The van der Waals surface area contributed by atoms with Crippen molar-refractivity contribution in [1.82, 2.24) is 4.98 Å². The SMILES string of the molecule is CN(C)c1cc(C(=O)Nc2ccccc2N2CCOC2=O)ccn1. The van der Waals surface area contributed by atoms with Gasteiger partial charge < -0.3 is 15.0 Å². The number of nitrogens with zero attached hydrogens (tertiary/aromatic N) is 3. The van der Waals surface area contributed by atoms with Crippen molar-refractivity contribution in [3.8, 4) is 0 Å². The van der Waals surface area contributed by atoms with E-state index in [1.54, 1.807) is 36.5 Å². The fourth-order valence-corrected chi connectivity index (χ4v) is 2.43. The van der Waals surface area contributed by atoms with E-state index in [0.717, 1.165) is 0 Å². The number of hydrogen-bond donors (Lipinski definition) is 1. The Morgan fingerprint density at radius 2 is 2.08 bits per heavy atom. The molecule has 1 aliphatic rings. The number of amides is 2. The molecular weight excluding hydrogens is 308 g/mol. The van der Waals surface area contributed by atoms with Crippen LogP contribution in [0.2, 0.25) is 0 Å². The lowest BCUT2D eigenvalue weighted by atomic mass is 10.2. The maximum Gasteiger partial charge on any atom is 0.414 e. The van der Waals surface area contributed by atoms with Crippen molar-refractivity contribution < 1.29 is 14.3 Å². The van der Waals surface area contributed by atoms with Crippen LogP contribution in [0.25, 0.3) is 0 Å². The number of rotatable bonds is 4. The Hall–Kier alpha value is -3.09. The minimum atomic E-state index is -0.407. The fraction of sp³-hybridized carbons (Fsp3) is 0.235. The maximum absolute atomic E-state index is 12.5. The minimum Gasteiger partial charge on any atom is -0.447 e. The highest BCUT2D eigenvalue weighted by molar-refractivity contribution is 6.07. The highest BCUT2D eigenvalue weighted by Gasteiger charge is 2.26. The second-order valence-corrected chi connectivity index (χ2v) is 5.53. The van der Waals surface area contributed by atoms with E-state index in [4.69, 9.17) is 4.74 Å². The molecule has 0 atom stereocenters. The number of cyclic esters (lactones) is 1. The maximum atomic E-state index is 12.5. The summed E-state index contributed by atoms with van der Waals surface area (Å²) in [5.74, 6) is 0.430. The van der Waals surface area contributed by atoms with Crippen LogP contribution in [0.4, 0.5) is 22.0 Å². The molecule has 1 aromatic heterocycles. The van der Waals surface area contributed by atoms with Crippen LogP contribution < -0.4 is 15.1 Å². The summed E-state index contributed by atoms with van der Waals surface area (Å²) in [4.78, 5) is 31.9. The van der Waals surface area contributed by atoms with E-state index in [2.05, 4.69) is 10.3 Å². The van der Waals surface area contributed by atoms with Crippen LogP contribution in [0.1, 0.15) is 10.4 Å². The zero-order chi connectivity index (χ0) is 17.1. The normalized spacial score (nSPS) is 13.6. The second kappa shape index (κ2) is 6.57. The summed E-state index contributed by atoms with van der Waals surface area (Å²) in [5.41, 5.74) is 1.67. The summed E-state index contributed by atoms with van der Waals surface area (Å²) in [7, 11) is 3.72. The van der Waals surface area contributed by atoms with Crippen LogP contribution in [-0.4, -0.2) is 44.2 Å². The standard InChI is InChI=1S/C17H18N4O3/c1-20(2)15-11-12(7-8-18-15)16(22)19-13-5-3-4-6-14(13)21-9-10-24-17(21)23/h3-8,11H,9-10H2,1-2H3,(H,19,22). The molecule has 2 aromatic rings. The zero-order valence-corrected chi connectivity index (χ0v) is 13.5. The molecule has 3 rings (SSSR count). The van der Waals surface area contributed by atoms with E-state index < -0.39 is 6.09 Å². The first kappa shape index (κ1) is 15.8. The monoisotopic (exact) mass is 326 g/mol. The van der Waals surface area contributed by atoms with E-state index in [1.165, 1.54) is 4.90 Å². The molecule has 0 radical (unpaired) electrons. The lowest BCUT2D eigenvalue weighted by molar-refractivity contribution is 0.102. The van der Waals surface area contributed by atoms with Crippen molar-refractivity contribution in [3.05, 3.63) is 48.2 Å². The summed E-state index contributed by atoms with van der Waals surface area (Å²) >= 11 is 0. The average molecular weight is 326 g/mol. The zero-order valence-electron chi connectivity index (χ0n) is 13.5. The van der Waals surface area contributed by atoms with E-state index in [9.17, 15) is 9.59 Å². The second-order valence-electron chi connectivity index (χ2n) is 5.53. The van der Waals surface area contributed by atoms with Gasteiger partial charge in [0, 0.05) is 25.9 Å². The molecule has 0 aliphatic carbocycles. The van der Waals surface area contributed by atoms with Crippen LogP contribution in [0.5, 0.6) is 0 Å². The van der Waals surface area contributed by atoms with Crippen LogP contribution in [0, 0.1) is 0 Å². The van der Waals surface area contributed by atoms with Gasteiger partial charge in [-0.15, -0.1) is 0 Å². The van der Waals surface area contributed by atoms with Gasteiger partial charge in [0.05, 0.1) is 17.9 Å². The van der Waals surface area contributed by atoms with Crippen molar-refractivity contribution in [1.29, 1.82) is 0 Å². The number of ether oxygens (including phenoxy) is 1. The van der Waals surface area contributed by atoms with Gasteiger partial charge >= 0.3 is 6.09 Å². The molecule has 1 N–H and O–H groups in total. The number of para-hydroxylation sites is 2. The van der Waals surface area contributed by atoms with Gasteiger partial charge in [0.15, 0.2) is 0 Å². The van der Waals surface area contributed by atoms with E-state index in [-0.39, 0.29) is 5.91 Å². The summed E-state index contributed by atoms with van der Waals surface area (Å²) in [6.07, 6.45) is 1.18. The molecule has 1 saturated heterocycles. The third-order valence-corrected chi connectivity index (χ3v) is 3.67. The van der Waals surface area contributed by atoms with Gasteiger partial charge in [-0.2, -0.15) is 0 Å². The highest BCUT2D eigenvalue weighted by atomic mass is 16.6. The number of nitrogens with one attached hydrogen (secondary N) is 1. The fourth-order valence-electron chi connectivity index (χ4n) is 2.43. The van der Waals surface area contributed by atoms with Crippen LogP contribution in [-0.2, 0) is 4.74 Å². The number of carbonyl (C=O) groups is 2. The lowest BCUT2D eigenvalue weighted by Crippen LogP contribution is -2.25. The van der Waals surface area contributed by atoms with Crippen molar-refractivity contribution in [2.45, 2.75) is 0 Å². The van der Waals surface area contributed by atoms with Gasteiger partial charge in [0.2, 0.25) is 0 Å². The molecule has 2 heterocycles. The molecule has 24 heavy (non-hydrogen) atoms. The lowest BCUT2D eigenvalue weighted by Gasteiger charge is -2.18. The molecule has 1 aliphatic heterocycles. The predicted molar refractivity (Wildman–Crippen MR) is 91.7 cm³/mol. The molecule has 124 valence electrons. The average Bonchev–Trinajstić information content (AvgIpc) is 3.01. The van der Waals surface area contributed by atoms with E-state index >= 15 is 0 Å². The molecule has 2 amide bonds. The van der Waals surface area contributed by atoms with Crippen LogP contribution in [0.3, 0.4) is 0 Å². The van der Waals surface area contributed by atoms with Gasteiger partial charge in [0.1, 0.15) is 12.4 Å². The third kappa shape index (κ3) is 3.15. The van der Waals surface area contributed by atoms with Crippen molar-refractivity contribution in [2.24, 2.45) is 0 Å². The van der Waals surface area contributed by atoms with Crippen LogP contribution in [0.15, 0.2) is 42.6 Å². The Labute approximate surface area is 139 Å². The first-order valence-corrected chi connectivity index (χ1v) is 7.54. The molecular formula is C17H18N4O3. The Morgan fingerprint density at radius 3 is 2.79 bits per heavy atom. The topological polar surface area (TPSA) is 74.8 Å². The smallest absolute Gasteiger partial charge is 0.414 e. The third-order valence-electron chi connectivity index (χ3n) is 3.67. The van der Waals surface area contributed by atoms with Crippen molar-refractivity contribution in [3.63, 3.8) is 0 Å². The summed E-state index contributed by atoms with van der Waals surface area (Å²) in [5, 5.41) is 2.86. The summed E-state index contributed by atoms with van der Waals surface area (Å²) < 4.78 is 4.97. The number of aromatic nitrogens is 1. The summed E-state index contributed by atoms with van der Waals surface area (Å²) in [6, 6.07) is 10.5. The van der Waals surface area contributed by atoms with E-state index in [0.29, 0.717) is 35.9 Å². The largest absolute Gasteiger partial charge is 0.447 e. The number of benzene rings is 1. The van der Waals surface area contributed by atoms with Gasteiger partial charge in [-0.3, -0.25) is 9.69 Å². The number of hydrogen-bond acceptors (Lipinski definition) is 5. The molecule has 0 spiro atoms. The Morgan fingerprint density at radius 1 is 1.29 bits per heavy atom. The van der Waals surface area contributed by atoms with E-state index in [1.807, 2.05) is 25.1 Å². The number of pyridine rings is 1. The molecule has 0 bridgehead atoms. The number of anilines is 3. The quantitative estimate of drug-likeness (QED) is 0.933. The molecule has 1 aromatic carbocycles. The van der Waals surface area contributed by atoms with Crippen molar-refractivity contribution >= 4 is 29.2 Å².